The molecule has 0 saturated carbocycles. The number of carbonyl (C=O) groups is 1. The van der Waals surface area contributed by atoms with Crippen molar-refractivity contribution in [2.24, 2.45) is 0 Å². The van der Waals surface area contributed by atoms with E-state index >= 15 is 0 Å². The summed E-state index contributed by atoms with van der Waals surface area (Å²) < 4.78 is 7.21. The number of nitrogens with one attached hydrogen (secondary N) is 1. The Morgan fingerprint density at radius 1 is 1.41 bits per heavy atom. The van der Waals surface area contributed by atoms with Crippen molar-refractivity contribution in [3.8, 4) is 0 Å². The molecule has 0 aliphatic heterocycles. The van der Waals surface area contributed by atoms with Crippen LogP contribution in [-0.2, 0) is 16.1 Å². The van der Waals surface area contributed by atoms with Crippen molar-refractivity contribution >= 4 is 17.7 Å². The van der Waals surface area contributed by atoms with Crippen molar-refractivity contribution in [3.05, 3.63) is 11.4 Å². The molecule has 0 aromatic carbocycles. The quantitative estimate of drug-likeness (QED) is 0.530. The number of aryl methyl sites for hydroxylation is 1. The lowest BCUT2D eigenvalue weighted by molar-refractivity contribution is -0.120. The Bertz CT molecular complexity index is 474. The summed E-state index contributed by atoms with van der Waals surface area (Å²) in [4.78, 5) is 16.7. The fraction of sp³-hybridized carbons (Fsp3) is 0.750. The number of amides is 1. The van der Waals surface area contributed by atoms with Gasteiger partial charge in [0.2, 0.25) is 5.91 Å². The molecule has 0 aliphatic carbocycles. The maximum atomic E-state index is 12.1. The van der Waals surface area contributed by atoms with Crippen LogP contribution < -0.4 is 5.32 Å². The first-order valence-electron chi connectivity index (χ1n) is 7.98. The molecule has 1 amide bonds. The Morgan fingerprint density at radius 2 is 2.14 bits per heavy atom. The number of hydrogen-bond acceptors (Lipinski definition) is 4. The van der Waals surface area contributed by atoms with Gasteiger partial charge in [-0.2, -0.15) is 0 Å². The number of methoxy groups -OCH3 is 1. The molecular weight excluding hydrogens is 298 g/mol. The lowest BCUT2D eigenvalue weighted by Gasteiger charge is -2.13. The highest BCUT2D eigenvalue weighted by Gasteiger charge is 2.19. The van der Waals surface area contributed by atoms with Gasteiger partial charge in [-0.25, -0.2) is 4.98 Å². The summed E-state index contributed by atoms with van der Waals surface area (Å²) in [5.74, 6) is 0.0569. The van der Waals surface area contributed by atoms with E-state index in [1.165, 1.54) is 17.5 Å². The van der Waals surface area contributed by atoms with Crippen LogP contribution in [0.4, 0.5) is 0 Å². The highest BCUT2D eigenvalue weighted by Crippen LogP contribution is 2.25. The van der Waals surface area contributed by atoms with Gasteiger partial charge in [-0.3, -0.25) is 4.79 Å². The van der Waals surface area contributed by atoms with Gasteiger partial charge in [0.15, 0.2) is 5.16 Å². The zero-order valence-electron chi connectivity index (χ0n) is 14.4. The van der Waals surface area contributed by atoms with Crippen molar-refractivity contribution in [2.45, 2.75) is 63.9 Å². The number of rotatable bonds is 10. The van der Waals surface area contributed by atoms with Crippen LogP contribution in [0.5, 0.6) is 0 Å². The van der Waals surface area contributed by atoms with E-state index in [1.807, 2.05) is 13.8 Å². The number of nitrogens with zero attached hydrogens (tertiary/aromatic N) is 2. The van der Waals surface area contributed by atoms with Gasteiger partial charge in [-0.05, 0) is 33.6 Å². The monoisotopic (exact) mass is 327 g/mol. The highest BCUT2D eigenvalue weighted by molar-refractivity contribution is 8.00. The number of hydrogen-bond donors (Lipinski definition) is 1. The van der Waals surface area contributed by atoms with Crippen LogP contribution in [0.25, 0.3) is 0 Å². The minimum atomic E-state index is -0.149. The number of unbranched alkanes of at least 4 members (excludes halogenated alkanes) is 1. The molecule has 6 heteroatoms. The average molecular weight is 327 g/mol. The van der Waals surface area contributed by atoms with Gasteiger partial charge >= 0.3 is 0 Å². The van der Waals surface area contributed by atoms with Crippen LogP contribution in [0.2, 0.25) is 0 Å². The van der Waals surface area contributed by atoms with Gasteiger partial charge in [0.25, 0.3) is 0 Å². The summed E-state index contributed by atoms with van der Waals surface area (Å²) >= 11 is 1.54. The predicted molar refractivity (Wildman–Crippen MR) is 91.4 cm³/mol. The normalized spacial score (nSPS) is 12.4. The van der Waals surface area contributed by atoms with Gasteiger partial charge in [0.05, 0.1) is 10.9 Å². The zero-order chi connectivity index (χ0) is 16.5. The molecular formula is C16H29N3O2S. The van der Waals surface area contributed by atoms with Crippen molar-refractivity contribution in [1.29, 1.82) is 0 Å². The molecule has 1 unspecified atom stereocenters. The fourth-order valence-electron chi connectivity index (χ4n) is 2.08. The maximum absolute atomic E-state index is 12.1. The molecule has 1 aromatic heterocycles. The van der Waals surface area contributed by atoms with E-state index in [2.05, 4.69) is 28.7 Å². The van der Waals surface area contributed by atoms with Gasteiger partial charge in [-0.15, -0.1) is 0 Å². The smallest absolute Gasteiger partial charge is 0.233 e. The van der Waals surface area contributed by atoms with E-state index in [4.69, 9.17) is 4.74 Å². The van der Waals surface area contributed by atoms with Crippen molar-refractivity contribution in [1.82, 2.24) is 14.9 Å². The molecule has 0 bridgehead atoms. The van der Waals surface area contributed by atoms with Crippen LogP contribution in [0.1, 0.15) is 44.5 Å². The predicted octanol–water partition coefficient (Wildman–Crippen LogP) is 2.93. The second-order valence-electron chi connectivity index (χ2n) is 5.47. The molecule has 22 heavy (non-hydrogen) atoms. The molecule has 1 aromatic rings. The first-order chi connectivity index (χ1) is 10.5. The van der Waals surface area contributed by atoms with E-state index in [1.54, 1.807) is 7.11 Å². The highest BCUT2D eigenvalue weighted by atomic mass is 32.2. The zero-order valence-corrected chi connectivity index (χ0v) is 15.3. The Kier molecular flexibility index (Phi) is 8.56. The molecule has 5 nitrogen and oxygen atoms in total. The number of thioether (sulfide) groups is 1. The third-order valence-corrected chi connectivity index (χ3v) is 4.72. The van der Waals surface area contributed by atoms with E-state index in [-0.39, 0.29) is 11.2 Å². The number of ether oxygens (including phenoxy) is 1. The van der Waals surface area contributed by atoms with Crippen molar-refractivity contribution in [2.75, 3.05) is 20.3 Å². The third-order valence-electron chi connectivity index (χ3n) is 3.63. The van der Waals surface area contributed by atoms with Crippen LogP contribution >= 0.6 is 11.8 Å². The van der Waals surface area contributed by atoms with E-state index < -0.39 is 0 Å². The molecule has 1 atom stereocenters. The lowest BCUT2D eigenvalue weighted by atomic mass is 10.3. The lowest BCUT2D eigenvalue weighted by Crippen LogP contribution is -2.32. The van der Waals surface area contributed by atoms with Crippen LogP contribution in [0.3, 0.4) is 0 Å². The Labute approximate surface area is 138 Å². The molecule has 126 valence electrons. The summed E-state index contributed by atoms with van der Waals surface area (Å²) in [5.41, 5.74) is 2.25. The topological polar surface area (TPSA) is 56.2 Å². The number of imidazole rings is 1. The summed E-state index contributed by atoms with van der Waals surface area (Å²) in [5, 5.41) is 3.74. The fourth-order valence-corrected chi connectivity index (χ4v) is 3.13. The Balaban J connectivity index is 2.61. The molecule has 1 N–H and O–H groups in total. The molecule has 1 rings (SSSR count). The second kappa shape index (κ2) is 9.90. The second-order valence-corrected chi connectivity index (χ2v) is 6.78. The maximum Gasteiger partial charge on any atom is 0.233 e. The Hall–Kier alpha value is -1.01. The van der Waals surface area contributed by atoms with E-state index in [0.29, 0.717) is 13.2 Å². The van der Waals surface area contributed by atoms with E-state index in [9.17, 15) is 4.79 Å². The first-order valence-corrected chi connectivity index (χ1v) is 8.86. The van der Waals surface area contributed by atoms with Crippen molar-refractivity contribution < 1.29 is 9.53 Å². The van der Waals surface area contributed by atoms with Gasteiger partial charge in [-0.1, -0.05) is 25.1 Å². The summed E-state index contributed by atoms with van der Waals surface area (Å²) in [6.07, 6.45) is 3.11. The number of carbonyl (C=O) groups excluding carboxylic acids is 1. The Morgan fingerprint density at radius 3 is 2.77 bits per heavy atom. The van der Waals surface area contributed by atoms with Gasteiger partial charge in [0, 0.05) is 32.5 Å². The number of aromatic nitrogens is 2. The van der Waals surface area contributed by atoms with E-state index in [0.717, 1.165) is 36.7 Å². The minimum absolute atomic E-state index is 0.0569. The van der Waals surface area contributed by atoms with Gasteiger partial charge in [0.1, 0.15) is 0 Å². The summed E-state index contributed by atoms with van der Waals surface area (Å²) in [6.45, 7) is 10.5. The van der Waals surface area contributed by atoms with Crippen molar-refractivity contribution in [3.63, 3.8) is 0 Å². The molecule has 0 spiro atoms. The SMILES string of the molecule is CCCCn1c(SC(C)C(=O)NCCCOC)nc(C)c1C. The molecule has 0 radical (unpaired) electrons. The van der Waals surface area contributed by atoms with Crippen LogP contribution in [0.15, 0.2) is 5.16 Å². The van der Waals surface area contributed by atoms with Gasteiger partial charge < -0.3 is 14.6 Å². The summed E-state index contributed by atoms with van der Waals surface area (Å²) in [6, 6.07) is 0. The first kappa shape index (κ1) is 19.0. The minimum Gasteiger partial charge on any atom is -0.385 e. The molecule has 0 saturated heterocycles. The summed E-state index contributed by atoms with van der Waals surface area (Å²) in [7, 11) is 1.67. The average Bonchev–Trinajstić information content (AvgIpc) is 2.76. The molecule has 1 heterocycles. The molecule has 0 fully saturated rings. The van der Waals surface area contributed by atoms with Crippen LogP contribution in [0, 0.1) is 13.8 Å². The largest absolute Gasteiger partial charge is 0.385 e. The third kappa shape index (κ3) is 5.65. The standard InChI is InChI=1S/C16H29N3O2S/c1-6-7-10-19-13(3)12(2)18-16(19)22-14(4)15(20)17-9-8-11-21-5/h14H,6-11H2,1-5H3,(H,17,20). The van der Waals surface area contributed by atoms with Crippen LogP contribution in [-0.4, -0.2) is 41.0 Å². The molecule has 0 aliphatic rings.